The Hall–Kier alpha value is -2.26. The van der Waals surface area contributed by atoms with Crippen LogP contribution in [0.2, 0.25) is 0 Å². The average Bonchev–Trinajstić information content (AvgIpc) is 3.28. The predicted molar refractivity (Wildman–Crippen MR) is 104 cm³/mol. The number of rotatable bonds is 3. The van der Waals surface area contributed by atoms with E-state index in [0.29, 0.717) is 0 Å². The zero-order chi connectivity index (χ0) is 16.6. The van der Waals surface area contributed by atoms with Gasteiger partial charge in [0.2, 0.25) is 0 Å². The molecule has 1 N–H and O–H groups in total. The van der Waals surface area contributed by atoms with E-state index >= 15 is 0 Å². The van der Waals surface area contributed by atoms with Crippen LogP contribution in [0.3, 0.4) is 0 Å². The van der Waals surface area contributed by atoms with Gasteiger partial charge in [-0.25, -0.2) is 0 Å². The van der Waals surface area contributed by atoms with Crippen molar-refractivity contribution >= 4 is 16.6 Å². The third-order valence-corrected chi connectivity index (χ3v) is 5.94. The van der Waals surface area contributed by atoms with E-state index < -0.39 is 0 Å². The van der Waals surface area contributed by atoms with Crippen molar-refractivity contribution in [3.05, 3.63) is 65.9 Å². The molecular weight excluding hydrogens is 306 g/mol. The highest BCUT2D eigenvalue weighted by molar-refractivity contribution is 5.92. The van der Waals surface area contributed by atoms with Gasteiger partial charge in [-0.2, -0.15) is 0 Å². The summed E-state index contributed by atoms with van der Waals surface area (Å²) in [6.07, 6.45) is 4.57. The topological polar surface area (TPSA) is 22.3 Å². The number of aromatic amines is 1. The quantitative estimate of drug-likeness (QED) is 0.790. The Morgan fingerprint density at radius 2 is 1.60 bits per heavy atom. The SMILES string of the molecule is c1ccc2c(c1)CC(CN1CCN(c3cccc4[nH]ccc34)CC1)C2. The lowest BCUT2D eigenvalue weighted by Gasteiger charge is -2.37. The van der Waals surface area contributed by atoms with Crippen LogP contribution in [0.1, 0.15) is 11.1 Å². The minimum atomic E-state index is 0.803. The summed E-state index contributed by atoms with van der Waals surface area (Å²) in [5, 5.41) is 1.35. The van der Waals surface area contributed by atoms with E-state index in [2.05, 4.69) is 63.3 Å². The van der Waals surface area contributed by atoms with Gasteiger partial charge in [0, 0.05) is 55.5 Å². The third-order valence-electron chi connectivity index (χ3n) is 5.94. The number of piperazine rings is 1. The Balaban J connectivity index is 1.22. The molecule has 1 aliphatic heterocycles. The molecule has 0 unspecified atom stereocenters. The Bertz CT molecular complexity index is 849. The van der Waals surface area contributed by atoms with Crippen LogP contribution < -0.4 is 4.90 Å². The van der Waals surface area contributed by atoms with Gasteiger partial charge in [-0.3, -0.25) is 4.90 Å². The highest BCUT2D eigenvalue weighted by Crippen LogP contribution is 2.29. The van der Waals surface area contributed by atoms with Crippen LogP contribution in [-0.4, -0.2) is 42.6 Å². The van der Waals surface area contributed by atoms with Gasteiger partial charge in [0.1, 0.15) is 0 Å². The van der Waals surface area contributed by atoms with Gasteiger partial charge in [-0.1, -0.05) is 30.3 Å². The molecule has 1 aromatic heterocycles. The minimum Gasteiger partial charge on any atom is -0.368 e. The lowest BCUT2D eigenvalue weighted by atomic mass is 10.1. The van der Waals surface area contributed by atoms with Crippen molar-refractivity contribution in [1.82, 2.24) is 9.88 Å². The zero-order valence-electron chi connectivity index (χ0n) is 14.6. The van der Waals surface area contributed by atoms with Gasteiger partial charge in [0.15, 0.2) is 0 Å². The number of benzene rings is 2. The molecule has 3 nitrogen and oxygen atoms in total. The van der Waals surface area contributed by atoms with Gasteiger partial charge in [0.25, 0.3) is 0 Å². The Morgan fingerprint density at radius 3 is 2.36 bits per heavy atom. The Labute approximate surface area is 149 Å². The summed E-state index contributed by atoms with van der Waals surface area (Å²) in [5.74, 6) is 0.803. The first kappa shape index (κ1) is 15.0. The molecule has 2 aliphatic rings. The number of fused-ring (bicyclic) bond motifs is 2. The van der Waals surface area contributed by atoms with Crippen molar-refractivity contribution in [3.8, 4) is 0 Å². The van der Waals surface area contributed by atoms with Gasteiger partial charge in [-0.05, 0) is 48.1 Å². The van der Waals surface area contributed by atoms with E-state index in [0.717, 1.165) is 19.0 Å². The standard InChI is InChI=1S/C22H25N3/c1-2-5-19-15-17(14-18(19)4-1)16-24-10-12-25(13-11-24)22-7-3-6-21-20(22)8-9-23-21/h1-9,17,23H,10-16H2. The molecule has 0 amide bonds. The van der Waals surface area contributed by atoms with Crippen LogP contribution >= 0.6 is 0 Å². The molecular formula is C22H25N3. The van der Waals surface area contributed by atoms with E-state index in [4.69, 9.17) is 0 Å². The molecule has 3 heteroatoms. The number of H-pyrrole nitrogens is 1. The molecule has 1 fully saturated rings. The second-order valence-corrected chi connectivity index (χ2v) is 7.55. The van der Waals surface area contributed by atoms with Crippen molar-refractivity contribution in [1.29, 1.82) is 0 Å². The molecule has 1 aliphatic carbocycles. The van der Waals surface area contributed by atoms with E-state index in [1.165, 1.54) is 49.1 Å². The van der Waals surface area contributed by atoms with Crippen LogP contribution in [-0.2, 0) is 12.8 Å². The lowest BCUT2D eigenvalue weighted by Crippen LogP contribution is -2.48. The van der Waals surface area contributed by atoms with Crippen molar-refractivity contribution in [3.63, 3.8) is 0 Å². The van der Waals surface area contributed by atoms with E-state index in [1.807, 2.05) is 6.20 Å². The number of nitrogens with zero attached hydrogens (tertiary/aromatic N) is 2. The maximum atomic E-state index is 3.33. The average molecular weight is 331 g/mol. The molecule has 0 atom stereocenters. The summed E-state index contributed by atoms with van der Waals surface area (Å²) in [6, 6.07) is 17.8. The van der Waals surface area contributed by atoms with Gasteiger partial charge in [-0.15, -0.1) is 0 Å². The van der Waals surface area contributed by atoms with Gasteiger partial charge < -0.3 is 9.88 Å². The predicted octanol–water partition coefficient (Wildman–Crippen LogP) is 3.70. The number of aromatic nitrogens is 1. The summed E-state index contributed by atoms with van der Waals surface area (Å²) in [6.45, 7) is 5.85. The Kier molecular flexibility index (Phi) is 3.75. The van der Waals surface area contributed by atoms with Crippen molar-refractivity contribution in [2.75, 3.05) is 37.6 Å². The molecule has 128 valence electrons. The van der Waals surface area contributed by atoms with Crippen molar-refractivity contribution in [2.24, 2.45) is 5.92 Å². The maximum Gasteiger partial charge on any atom is 0.0474 e. The van der Waals surface area contributed by atoms with E-state index in [-0.39, 0.29) is 0 Å². The number of nitrogens with one attached hydrogen (secondary N) is 1. The largest absolute Gasteiger partial charge is 0.368 e. The van der Waals surface area contributed by atoms with Crippen molar-refractivity contribution < 1.29 is 0 Å². The highest BCUT2D eigenvalue weighted by Gasteiger charge is 2.25. The molecule has 5 rings (SSSR count). The number of anilines is 1. The van der Waals surface area contributed by atoms with Crippen LogP contribution in [0.4, 0.5) is 5.69 Å². The molecule has 3 aromatic rings. The summed E-state index contributed by atoms with van der Waals surface area (Å²) in [5.41, 5.74) is 5.77. The monoisotopic (exact) mass is 331 g/mol. The first-order chi connectivity index (χ1) is 12.4. The maximum absolute atomic E-state index is 3.33. The normalized spacial score (nSPS) is 18.8. The van der Waals surface area contributed by atoms with Crippen LogP contribution in [0, 0.1) is 5.92 Å². The number of hydrogen-bond acceptors (Lipinski definition) is 2. The smallest absolute Gasteiger partial charge is 0.0474 e. The number of hydrogen-bond donors (Lipinski definition) is 1. The lowest BCUT2D eigenvalue weighted by molar-refractivity contribution is 0.221. The molecule has 25 heavy (non-hydrogen) atoms. The van der Waals surface area contributed by atoms with Gasteiger partial charge in [0.05, 0.1) is 0 Å². The summed E-state index contributed by atoms with van der Waals surface area (Å²) in [7, 11) is 0. The molecule has 2 heterocycles. The second kappa shape index (κ2) is 6.23. The first-order valence-corrected chi connectivity index (χ1v) is 9.47. The van der Waals surface area contributed by atoms with Crippen molar-refractivity contribution in [2.45, 2.75) is 12.8 Å². The molecule has 0 radical (unpaired) electrons. The van der Waals surface area contributed by atoms with Gasteiger partial charge >= 0.3 is 0 Å². The fraction of sp³-hybridized carbons (Fsp3) is 0.364. The van der Waals surface area contributed by atoms with Crippen LogP contribution in [0.25, 0.3) is 10.9 Å². The van der Waals surface area contributed by atoms with Crippen LogP contribution in [0.5, 0.6) is 0 Å². The molecule has 1 saturated heterocycles. The summed E-state index contributed by atoms with van der Waals surface area (Å²) < 4.78 is 0. The van der Waals surface area contributed by atoms with E-state index in [9.17, 15) is 0 Å². The molecule has 0 saturated carbocycles. The highest BCUT2D eigenvalue weighted by atomic mass is 15.3. The fourth-order valence-electron chi connectivity index (χ4n) is 4.66. The third kappa shape index (κ3) is 2.83. The van der Waals surface area contributed by atoms with E-state index in [1.54, 1.807) is 11.1 Å². The minimum absolute atomic E-state index is 0.803. The molecule has 2 aromatic carbocycles. The fourth-order valence-corrected chi connectivity index (χ4v) is 4.66. The molecule has 0 spiro atoms. The summed E-state index contributed by atoms with van der Waals surface area (Å²) in [4.78, 5) is 8.55. The first-order valence-electron chi connectivity index (χ1n) is 9.47. The second-order valence-electron chi connectivity index (χ2n) is 7.55. The zero-order valence-corrected chi connectivity index (χ0v) is 14.6. The van der Waals surface area contributed by atoms with Crippen LogP contribution in [0.15, 0.2) is 54.7 Å². The molecule has 0 bridgehead atoms. The Morgan fingerprint density at radius 1 is 0.840 bits per heavy atom. The summed E-state index contributed by atoms with van der Waals surface area (Å²) >= 11 is 0.